The third kappa shape index (κ3) is 3.83. The third-order valence-corrected chi connectivity index (χ3v) is 5.07. The van der Waals surface area contributed by atoms with Crippen molar-refractivity contribution in [2.45, 2.75) is 18.2 Å². The number of aryl methyl sites for hydroxylation is 1. The molecule has 0 spiro atoms. The summed E-state index contributed by atoms with van der Waals surface area (Å²) in [5, 5.41) is 0.725. The van der Waals surface area contributed by atoms with Crippen molar-refractivity contribution in [1.82, 2.24) is 4.98 Å². The molecule has 3 rings (SSSR count). The Balaban J connectivity index is 1.89. The Morgan fingerprint density at radius 2 is 1.85 bits per heavy atom. The van der Waals surface area contributed by atoms with E-state index in [1.165, 1.54) is 25.3 Å². The van der Waals surface area contributed by atoms with Crippen LogP contribution in [0.3, 0.4) is 0 Å². The number of methoxy groups -OCH3 is 1. The number of esters is 1. The Hall–Kier alpha value is -2.93. The molecule has 0 saturated heterocycles. The first kappa shape index (κ1) is 17.9. The monoisotopic (exact) mass is 371 g/mol. The summed E-state index contributed by atoms with van der Waals surface area (Å²) in [6, 6.07) is 13.0. The van der Waals surface area contributed by atoms with Gasteiger partial charge in [0.15, 0.2) is 0 Å². The van der Waals surface area contributed by atoms with Gasteiger partial charge in [-0.3, -0.25) is 9.78 Å². The lowest BCUT2D eigenvalue weighted by atomic mass is 10.1. The van der Waals surface area contributed by atoms with Gasteiger partial charge in [-0.1, -0.05) is 24.3 Å². The summed E-state index contributed by atoms with van der Waals surface area (Å²) in [6.45, 7) is 1.89. The zero-order valence-corrected chi connectivity index (χ0v) is 15.1. The second-order valence-corrected chi connectivity index (χ2v) is 7.29. The average molecular weight is 371 g/mol. The van der Waals surface area contributed by atoms with Crippen molar-refractivity contribution in [1.29, 1.82) is 0 Å². The highest BCUT2D eigenvalue weighted by molar-refractivity contribution is 7.87. The van der Waals surface area contributed by atoms with E-state index in [0.29, 0.717) is 11.1 Å². The molecule has 3 aromatic rings. The van der Waals surface area contributed by atoms with Crippen LogP contribution in [0.5, 0.6) is 5.75 Å². The minimum absolute atomic E-state index is 0.00800. The number of ether oxygens (including phenoxy) is 1. The molecular formula is C19H17NO5S. The zero-order chi connectivity index (χ0) is 18.7. The van der Waals surface area contributed by atoms with E-state index in [-0.39, 0.29) is 23.0 Å². The predicted molar refractivity (Wildman–Crippen MR) is 96.5 cm³/mol. The molecule has 0 amide bonds. The Bertz CT molecular complexity index is 1060. The van der Waals surface area contributed by atoms with Gasteiger partial charge in [-0.2, -0.15) is 8.42 Å². The topological polar surface area (TPSA) is 82.6 Å². The maximum absolute atomic E-state index is 12.7. The number of para-hydroxylation sites is 1. The van der Waals surface area contributed by atoms with Gasteiger partial charge >= 0.3 is 16.1 Å². The minimum atomic E-state index is -4.05. The molecule has 0 radical (unpaired) electrons. The Labute approximate surface area is 151 Å². The van der Waals surface area contributed by atoms with Crippen LogP contribution in [-0.2, 0) is 26.1 Å². The van der Waals surface area contributed by atoms with Crippen LogP contribution in [-0.4, -0.2) is 26.5 Å². The van der Waals surface area contributed by atoms with Crippen LogP contribution in [0.2, 0.25) is 0 Å². The highest BCUT2D eigenvalue weighted by atomic mass is 32.2. The van der Waals surface area contributed by atoms with E-state index >= 15 is 0 Å². The summed E-state index contributed by atoms with van der Waals surface area (Å²) in [4.78, 5) is 15.5. The molecule has 0 atom stereocenters. The van der Waals surface area contributed by atoms with Crippen molar-refractivity contribution in [3.8, 4) is 5.75 Å². The van der Waals surface area contributed by atoms with Crippen LogP contribution < -0.4 is 4.18 Å². The van der Waals surface area contributed by atoms with Gasteiger partial charge in [0.05, 0.1) is 19.0 Å². The lowest BCUT2D eigenvalue weighted by Gasteiger charge is -2.10. The number of benzene rings is 2. The Morgan fingerprint density at radius 1 is 1.12 bits per heavy atom. The molecule has 26 heavy (non-hydrogen) atoms. The molecule has 1 aromatic heterocycles. The van der Waals surface area contributed by atoms with Gasteiger partial charge in [-0.15, -0.1) is 0 Å². The van der Waals surface area contributed by atoms with E-state index in [1.54, 1.807) is 30.5 Å². The maximum atomic E-state index is 12.7. The van der Waals surface area contributed by atoms with Crippen molar-refractivity contribution in [2.24, 2.45) is 0 Å². The van der Waals surface area contributed by atoms with Crippen LogP contribution in [0.15, 0.2) is 59.6 Å². The fourth-order valence-electron chi connectivity index (χ4n) is 2.52. The van der Waals surface area contributed by atoms with Crippen LogP contribution in [0.4, 0.5) is 0 Å². The van der Waals surface area contributed by atoms with Crippen LogP contribution in [0.25, 0.3) is 10.9 Å². The summed E-state index contributed by atoms with van der Waals surface area (Å²) in [6.07, 6.45) is 1.72. The van der Waals surface area contributed by atoms with E-state index < -0.39 is 10.1 Å². The molecule has 0 saturated carbocycles. The first-order valence-corrected chi connectivity index (χ1v) is 9.25. The fourth-order valence-corrected chi connectivity index (χ4v) is 3.62. The summed E-state index contributed by atoms with van der Waals surface area (Å²) in [7, 11) is -2.74. The fraction of sp³-hybridized carbons (Fsp3) is 0.158. The van der Waals surface area contributed by atoms with Crippen molar-refractivity contribution >= 4 is 27.0 Å². The molecular weight excluding hydrogens is 354 g/mol. The average Bonchev–Trinajstić information content (AvgIpc) is 2.62. The Morgan fingerprint density at radius 3 is 2.54 bits per heavy atom. The van der Waals surface area contributed by atoms with Gasteiger partial charge in [-0.05, 0) is 42.3 Å². The molecule has 134 valence electrons. The van der Waals surface area contributed by atoms with Gasteiger partial charge in [0.2, 0.25) is 0 Å². The highest BCUT2D eigenvalue weighted by Gasteiger charge is 2.20. The second kappa shape index (κ2) is 7.13. The molecule has 0 unspecified atom stereocenters. The second-order valence-electron chi connectivity index (χ2n) is 5.77. The maximum Gasteiger partial charge on any atom is 0.341 e. The molecule has 0 aliphatic heterocycles. The Kier molecular flexibility index (Phi) is 4.90. The summed E-state index contributed by atoms with van der Waals surface area (Å²) >= 11 is 0. The number of carbonyl (C=O) groups excluding carboxylic acids is 1. The summed E-state index contributed by atoms with van der Waals surface area (Å²) < 4.78 is 35.2. The standard InChI is InChI=1S/C19H17NO5S/c1-13-10-15-4-3-5-17(19(15)20-12-13)26(22,23)25-16-8-6-14(7-9-16)11-18(21)24-2/h3-10,12H,11H2,1-2H3. The van der Waals surface area contributed by atoms with Crippen molar-refractivity contribution < 1.29 is 22.1 Å². The van der Waals surface area contributed by atoms with Gasteiger partial charge in [0, 0.05) is 11.6 Å². The molecule has 0 N–H and O–H groups in total. The summed E-state index contributed by atoms with van der Waals surface area (Å²) in [5.41, 5.74) is 2.00. The number of fused-ring (bicyclic) bond motifs is 1. The SMILES string of the molecule is COC(=O)Cc1ccc(OS(=O)(=O)c2cccc3cc(C)cnc23)cc1. The number of hydrogen-bond donors (Lipinski definition) is 0. The normalized spacial score (nSPS) is 11.3. The molecule has 1 heterocycles. The van der Waals surface area contributed by atoms with Crippen molar-refractivity contribution in [3.05, 3.63) is 65.9 Å². The zero-order valence-electron chi connectivity index (χ0n) is 14.3. The van der Waals surface area contributed by atoms with E-state index in [4.69, 9.17) is 4.18 Å². The van der Waals surface area contributed by atoms with Gasteiger partial charge in [-0.25, -0.2) is 0 Å². The molecule has 0 bridgehead atoms. The van der Waals surface area contributed by atoms with Gasteiger partial charge in [0.25, 0.3) is 0 Å². The number of pyridine rings is 1. The van der Waals surface area contributed by atoms with Gasteiger partial charge in [0.1, 0.15) is 10.6 Å². The minimum Gasteiger partial charge on any atom is -0.469 e. The highest BCUT2D eigenvalue weighted by Crippen LogP contribution is 2.25. The van der Waals surface area contributed by atoms with Crippen LogP contribution in [0.1, 0.15) is 11.1 Å². The number of nitrogens with zero attached hydrogens (tertiary/aromatic N) is 1. The summed E-state index contributed by atoms with van der Waals surface area (Å²) in [5.74, 6) is -0.217. The largest absolute Gasteiger partial charge is 0.469 e. The van der Waals surface area contributed by atoms with E-state index in [1.807, 2.05) is 13.0 Å². The smallest absolute Gasteiger partial charge is 0.341 e. The van der Waals surface area contributed by atoms with Crippen LogP contribution in [0, 0.1) is 6.92 Å². The van der Waals surface area contributed by atoms with Crippen molar-refractivity contribution in [3.63, 3.8) is 0 Å². The van der Waals surface area contributed by atoms with E-state index in [0.717, 1.165) is 10.9 Å². The van der Waals surface area contributed by atoms with Gasteiger partial charge < -0.3 is 8.92 Å². The molecule has 6 nitrogen and oxygen atoms in total. The molecule has 7 heteroatoms. The van der Waals surface area contributed by atoms with Crippen molar-refractivity contribution in [2.75, 3.05) is 7.11 Å². The quantitative estimate of drug-likeness (QED) is 0.506. The third-order valence-electron chi connectivity index (χ3n) is 3.79. The van der Waals surface area contributed by atoms with E-state index in [9.17, 15) is 13.2 Å². The molecule has 2 aromatic carbocycles. The number of rotatable bonds is 5. The van der Waals surface area contributed by atoms with E-state index in [2.05, 4.69) is 9.72 Å². The lowest BCUT2D eigenvalue weighted by Crippen LogP contribution is -2.11. The number of aromatic nitrogens is 1. The number of carbonyl (C=O) groups is 1. The lowest BCUT2D eigenvalue weighted by molar-refractivity contribution is -0.139. The number of hydrogen-bond acceptors (Lipinski definition) is 6. The molecule has 0 aliphatic rings. The first-order chi connectivity index (χ1) is 12.4. The first-order valence-electron chi connectivity index (χ1n) is 7.85. The molecule has 0 aliphatic carbocycles. The predicted octanol–water partition coefficient (Wildman–Crippen LogP) is 3.03. The molecule has 0 fully saturated rings. The van der Waals surface area contributed by atoms with Crippen LogP contribution >= 0.6 is 0 Å².